The highest BCUT2D eigenvalue weighted by atomic mass is 19.1. The van der Waals surface area contributed by atoms with Crippen molar-refractivity contribution in [2.24, 2.45) is 7.05 Å². The number of halogens is 1. The van der Waals surface area contributed by atoms with Crippen LogP contribution >= 0.6 is 0 Å². The van der Waals surface area contributed by atoms with Crippen LogP contribution in [-0.2, 0) is 7.05 Å². The average Bonchev–Trinajstić information content (AvgIpc) is 2.85. The Morgan fingerprint density at radius 2 is 2.10 bits per heavy atom. The zero-order chi connectivity index (χ0) is 14.5. The van der Waals surface area contributed by atoms with Crippen molar-refractivity contribution in [1.82, 2.24) is 9.88 Å². The summed E-state index contributed by atoms with van der Waals surface area (Å²) in [7, 11) is 1.84. The van der Waals surface area contributed by atoms with E-state index in [4.69, 9.17) is 0 Å². The zero-order valence-corrected chi connectivity index (χ0v) is 11.2. The van der Waals surface area contributed by atoms with Gasteiger partial charge in [0.1, 0.15) is 5.82 Å². The standard InChI is InChI=1S/C15H17FN2O2/c1-18-10-4-7-13(18)14(19)8-9-17-15(20)11-5-2-3-6-12(11)16/h2-7,10,14,19H,8-9H2,1H3,(H,17,20). The summed E-state index contributed by atoms with van der Waals surface area (Å²) in [6.07, 6.45) is 1.56. The van der Waals surface area contributed by atoms with Gasteiger partial charge >= 0.3 is 0 Å². The lowest BCUT2D eigenvalue weighted by Crippen LogP contribution is -2.26. The number of hydrogen-bond donors (Lipinski definition) is 2. The zero-order valence-electron chi connectivity index (χ0n) is 11.2. The first-order valence-corrected chi connectivity index (χ1v) is 6.41. The summed E-state index contributed by atoms with van der Waals surface area (Å²) in [6.45, 7) is 0.277. The molecule has 1 amide bonds. The predicted molar refractivity (Wildman–Crippen MR) is 73.7 cm³/mol. The lowest BCUT2D eigenvalue weighted by molar-refractivity contribution is 0.0937. The number of aliphatic hydroxyl groups is 1. The van der Waals surface area contributed by atoms with Crippen LogP contribution in [0.25, 0.3) is 0 Å². The molecule has 1 aromatic heterocycles. The van der Waals surface area contributed by atoms with E-state index in [1.807, 2.05) is 29.9 Å². The summed E-state index contributed by atoms with van der Waals surface area (Å²) in [6, 6.07) is 9.48. The highest BCUT2D eigenvalue weighted by Gasteiger charge is 2.13. The largest absolute Gasteiger partial charge is 0.387 e. The van der Waals surface area contributed by atoms with Crippen molar-refractivity contribution in [2.75, 3.05) is 6.54 Å². The van der Waals surface area contributed by atoms with Gasteiger partial charge in [0, 0.05) is 25.5 Å². The average molecular weight is 276 g/mol. The van der Waals surface area contributed by atoms with Crippen LogP contribution in [0.3, 0.4) is 0 Å². The summed E-state index contributed by atoms with van der Waals surface area (Å²) in [4.78, 5) is 11.8. The van der Waals surface area contributed by atoms with E-state index >= 15 is 0 Å². The minimum atomic E-state index is -0.657. The Morgan fingerprint density at radius 1 is 1.35 bits per heavy atom. The maximum Gasteiger partial charge on any atom is 0.254 e. The van der Waals surface area contributed by atoms with E-state index in [1.165, 1.54) is 18.2 Å². The summed E-state index contributed by atoms with van der Waals surface area (Å²) in [5.74, 6) is -1.02. The number of nitrogens with zero attached hydrogens (tertiary/aromatic N) is 1. The number of hydrogen-bond acceptors (Lipinski definition) is 2. The van der Waals surface area contributed by atoms with E-state index in [9.17, 15) is 14.3 Å². The van der Waals surface area contributed by atoms with Gasteiger partial charge in [0.05, 0.1) is 11.7 Å². The number of amides is 1. The third-order valence-corrected chi connectivity index (χ3v) is 3.15. The van der Waals surface area contributed by atoms with Crippen molar-refractivity contribution >= 4 is 5.91 Å². The van der Waals surface area contributed by atoms with Gasteiger partial charge < -0.3 is 15.0 Å². The predicted octanol–water partition coefficient (Wildman–Crippen LogP) is 2.02. The highest BCUT2D eigenvalue weighted by molar-refractivity contribution is 5.94. The molecule has 1 aromatic carbocycles. The Kier molecular flexibility index (Phi) is 4.53. The maximum absolute atomic E-state index is 13.4. The van der Waals surface area contributed by atoms with Crippen molar-refractivity contribution in [1.29, 1.82) is 0 Å². The van der Waals surface area contributed by atoms with Gasteiger partial charge in [0.25, 0.3) is 5.91 Å². The Balaban J connectivity index is 1.86. The molecular weight excluding hydrogens is 259 g/mol. The minimum absolute atomic E-state index is 0.0147. The number of nitrogens with one attached hydrogen (secondary N) is 1. The molecular formula is C15H17FN2O2. The molecule has 0 saturated carbocycles. The smallest absolute Gasteiger partial charge is 0.254 e. The van der Waals surface area contributed by atoms with Gasteiger partial charge in [-0.05, 0) is 30.7 Å². The van der Waals surface area contributed by atoms with Gasteiger partial charge in [-0.1, -0.05) is 12.1 Å². The maximum atomic E-state index is 13.4. The Hall–Kier alpha value is -2.14. The highest BCUT2D eigenvalue weighted by Crippen LogP contribution is 2.15. The normalized spacial score (nSPS) is 12.2. The van der Waals surface area contributed by atoms with Crippen LogP contribution in [0.2, 0.25) is 0 Å². The first kappa shape index (κ1) is 14.3. The van der Waals surface area contributed by atoms with E-state index in [0.717, 1.165) is 5.69 Å². The van der Waals surface area contributed by atoms with Gasteiger partial charge in [-0.15, -0.1) is 0 Å². The lowest BCUT2D eigenvalue weighted by atomic mass is 10.1. The van der Waals surface area contributed by atoms with Crippen LogP contribution in [0.5, 0.6) is 0 Å². The number of carbonyl (C=O) groups excluding carboxylic acids is 1. The molecule has 1 unspecified atom stereocenters. The minimum Gasteiger partial charge on any atom is -0.387 e. The number of rotatable bonds is 5. The molecule has 0 aliphatic heterocycles. The third kappa shape index (κ3) is 3.24. The number of benzene rings is 1. The lowest BCUT2D eigenvalue weighted by Gasteiger charge is -2.12. The van der Waals surface area contributed by atoms with Gasteiger partial charge in [0.2, 0.25) is 0 Å². The first-order valence-electron chi connectivity index (χ1n) is 6.41. The second-order valence-corrected chi connectivity index (χ2v) is 4.58. The molecule has 1 atom stereocenters. The van der Waals surface area contributed by atoms with Crippen LogP contribution in [0.1, 0.15) is 28.6 Å². The van der Waals surface area contributed by atoms with Crippen molar-refractivity contribution in [3.63, 3.8) is 0 Å². The van der Waals surface area contributed by atoms with E-state index in [1.54, 1.807) is 6.07 Å². The fourth-order valence-corrected chi connectivity index (χ4v) is 2.03. The second kappa shape index (κ2) is 6.34. The summed E-state index contributed by atoms with van der Waals surface area (Å²) >= 11 is 0. The second-order valence-electron chi connectivity index (χ2n) is 4.58. The SMILES string of the molecule is Cn1cccc1C(O)CCNC(=O)c1ccccc1F. The number of aromatic nitrogens is 1. The number of aryl methyl sites for hydroxylation is 1. The molecule has 0 bridgehead atoms. The molecule has 2 N–H and O–H groups in total. The number of carbonyl (C=O) groups is 1. The van der Waals surface area contributed by atoms with Crippen molar-refractivity contribution in [2.45, 2.75) is 12.5 Å². The molecule has 20 heavy (non-hydrogen) atoms. The topological polar surface area (TPSA) is 54.3 Å². The molecule has 0 radical (unpaired) electrons. The summed E-state index contributed by atoms with van der Waals surface area (Å²) < 4.78 is 15.2. The van der Waals surface area contributed by atoms with Crippen LogP contribution < -0.4 is 5.32 Å². The Morgan fingerprint density at radius 3 is 2.75 bits per heavy atom. The first-order chi connectivity index (χ1) is 9.59. The summed E-state index contributed by atoms with van der Waals surface area (Å²) in [5, 5.41) is 12.6. The Bertz CT molecular complexity index is 595. The van der Waals surface area contributed by atoms with Crippen LogP contribution in [0, 0.1) is 5.82 Å². The van der Waals surface area contributed by atoms with Gasteiger partial charge in [-0.2, -0.15) is 0 Å². The molecule has 1 heterocycles. The van der Waals surface area contributed by atoms with Crippen molar-refractivity contribution < 1.29 is 14.3 Å². The van der Waals surface area contributed by atoms with E-state index in [-0.39, 0.29) is 12.1 Å². The molecule has 106 valence electrons. The van der Waals surface area contributed by atoms with Gasteiger partial charge in [-0.25, -0.2) is 4.39 Å². The van der Waals surface area contributed by atoms with Crippen LogP contribution in [0.4, 0.5) is 4.39 Å². The molecule has 2 rings (SSSR count). The van der Waals surface area contributed by atoms with Gasteiger partial charge in [0.15, 0.2) is 0 Å². The molecule has 2 aromatic rings. The van der Waals surface area contributed by atoms with E-state index in [0.29, 0.717) is 6.42 Å². The molecule has 0 aliphatic carbocycles. The van der Waals surface area contributed by atoms with Crippen molar-refractivity contribution in [3.05, 3.63) is 59.7 Å². The van der Waals surface area contributed by atoms with E-state index in [2.05, 4.69) is 5.32 Å². The number of aliphatic hydroxyl groups excluding tert-OH is 1. The van der Waals surface area contributed by atoms with Crippen LogP contribution in [0.15, 0.2) is 42.6 Å². The van der Waals surface area contributed by atoms with Gasteiger partial charge in [-0.3, -0.25) is 4.79 Å². The molecule has 0 fully saturated rings. The third-order valence-electron chi connectivity index (χ3n) is 3.15. The summed E-state index contributed by atoms with van der Waals surface area (Å²) in [5.41, 5.74) is 0.797. The monoisotopic (exact) mass is 276 g/mol. The molecule has 0 spiro atoms. The van der Waals surface area contributed by atoms with E-state index < -0.39 is 17.8 Å². The fraction of sp³-hybridized carbons (Fsp3) is 0.267. The quantitative estimate of drug-likeness (QED) is 0.878. The van der Waals surface area contributed by atoms with Crippen LogP contribution in [-0.4, -0.2) is 22.1 Å². The molecule has 4 nitrogen and oxygen atoms in total. The molecule has 0 aliphatic rings. The molecule has 0 saturated heterocycles. The fourth-order valence-electron chi connectivity index (χ4n) is 2.03. The van der Waals surface area contributed by atoms with Crippen molar-refractivity contribution in [3.8, 4) is 0 Å². The molecule has 5 heteroatoms. The Labute approximate surface area is 116 Å².